The van der Waals surface area contributed by atoms with Gasteiger partial charge in [0, 0.05) is 12.6 Å². The Kier molecular flexibility index (Phi) is 5.20. The standard InChI is InChI=1S/C18H19NO3/c1-13-2-4-14(5-3-13)10-11-19-18(22)9-7-15-6-8-16(20)17(21)12-15/h2-9,12,20-21H,10-11H2,1H3,(H,19,22)/b9-7+. The second-order valence-corrected chi connectivity index (χ2v) is 5.11. The van der Waals surface area contributed by atoms with Gasteiger partial charge in [-0.15, -0.1) is 0 Å². The van der Waals surface area contributed by atoms with Crippen LogP contribution in [0.1, 0.15) is 16.7 Å². The Morgan fingerprint density at radius 1 is 1.09 bits per heavy atom. The van der Waals surface area contributed by atoms with Gasteiger partial charge in [0.25, 0.3) is 0 Å². The van der Waals surface area contributed by atoms with Gasteiger partial charge in [-0.2, -0.15) is 0 Å². The zero-order valence-electron chi connectivity index (χ0n) is 12.4. The Morgan fingerprint density at radius 3 is 2.50 bits per heavy atom. The summed E-state index contributed by atoms with van der Waals surface area (Å²) in [5, 5.41) is 21.4. The molecule has 22 heavy (non-hydrogen) atoms. The van der Waals surface area contributed by atoms with Crippen LogP contribution in [0.25, 0.3) is 6.08 Å². The molecule has 0 spiro atoms. The first kappa shape index (κ1) is 15.6. The summed E-state index contributed by atoms with van der Waals surface area (Å²) in [6.07, 6.45) is 3.77. The van der Waals surface area contributed by atoms with E-state index < -0.39 is 0 Å². The third kappa shape index (κ3) is 4.66. The van der Waals surface area contributed by atoms with Crippen molar-refractivity contribution in [1.29, 1.82) is 0 Å². The van der Waals surface area contributed by atoms with Crippen LogP contribution in [0.2, 0.25) is 0 Å². The highest BCUT2D eigenvalue weighted by Gasteiger charge is 2.00. The molecule has 0 heterocycles. The van der Waals surface area contributed by atoms with Gasteiger partial charge in [0.1, 0.15) is 0 Å². The van der Waals surface area contributed by atoms with Crippen molar-refractivity contribution in [3.05, 3.63) is 65.2 Å². The third-order valence-corrected chi connectivity index (χ3v) is 3.26. The normalized spacial score (nSPS) is 10.8. The van der Waals surface area contributed by atoms with Gasteiger partial charge in [-0.3, -0.25) is 4.79 Å². The number of hydrogen-bond donors (Lipinski definition) is 3. The van der Waals surface area contributed by atoms with E-state index in [9.17, 15) is 15.0 Å². The van der Waals surface area contributed by atoms with Crippen LogP contribution in [0.3, 0.4) is 0 Å². The van der Waals surface area contributed by atoms with Gasteiger partial charge in [0.05, 0.1) is 0 Å². The van der Waals surface area contributed by atoms with E-state index in [0.717, 1.165) is 6.42 Å². The van der Waals surface area contributed by atoms with Crippen molar-refractivity contribution in [2.75, 3.05) is 6.54 Å². The van der Waals surface area contributed by atoms with Crippen LogP contribution in [0.5, 0.6) is 11.5 Å². The number of carbonyl (C=O) groups excluding carboxylic acids is 1. The highest BCUT2D eigenvalue weighted by atomic mass is 16.3. The summed E-state index contributed by atoms with van der Waals surface area (Å²) in [6.45, 7) is 2.60. The van der Waals surface area contributed by atoms with E-state index in [4.69, 9.17) is 0 Å². The van der Waals surface area contributed by atoms with Crippen LogP contribution >= 0.6 is 0 Å². The van der Waals surface area contributed by atoms with Gasteiger partial charge >= 0.3 is 0 Å². The molecule has 0 unspecified atom stereocenters. The first-order valence-corrected chi connectivity index (χ1v) is 7.08. The third-order valence-electron chi connectivity index (χ3n) is 3.26. The van der Waals surface area contributed by atoms with Gasteiger partial charge in [-0.25, -0.2) is 0 Å². The van der Waals surface area contributed by atoms with Crippen molar-refractivity contribution < 1.29 is 15.0 Å². The Labute approximate surface area is 129 Å². The minimum atomic E-state index is -0.207. The Hall–Kier alpha value is -2.75. The molecule has 0 aliphatic rings. The fraction of sp³-hybridized carbons (Fsp3) is 0.167. The summed E-state index contributed by atoms with van der Waals surface area (Å²) in [5.41, 5.74) is 3.04. The van der Waals surface area contributed by atoms with Crippen LogP contribution in [0.15, 0.2) is 48.5 Å². The molecule has 1 amide bonds. The molecule has 0 fully saturated rings. The number of phenolic OH excluding ortho intramolecular Hbond substituents is 2. The molecule has 0 radical (unpaired) electrons. The maximum Gasteiger partial charge on any atom is 0.244 e. The van der Waals surface area contributed by atoms with E-state index in [1.165, 1.54) is 29.3 Å². The summed E-state index contributed by atoms with van der Waals surface area (Å²) in [6, 6.07) is 12.6. The second kappa shape index (κ2) is 7.31. The van der Waals surface area contributed by atoms with Crippen LogP contribution < -0.4 is 5.32 Å². The first-order chi connectivity index (χ1) is 10.5. The number of benzene rings is 2. The topological polar surface area (TPSA) is 69.6 Å². The van der Waals surface area contributed by atoms with Gasteiger partial charge in [-0.1, -0.05) is 35.9 Å². The molecular weight excluding hydrogens is 278 g/mol. The van der Waals surface area contributed by atoms with Gasteiger partial charge in [0.15, 0.2) is 11.5 Å². The molecule has 0 bridgehead atoms. The highest BCUT2D eigenvalue weighted by molar-refractivity contribution is 5.91. The summed E-state index contributed by atoms with van der Waals surface area (Å²) in [5.74, 6) is -0.582. The number of hydrogen-bond acceptors (Lipinski definition) is 3. The molecule has 4 heteroatoms. The maximum atomic E-state index is 11.7. The first-order valence-electron chi connectivity index (χ1n) is 7.08. The Balaban J connectivity index is 1.81. The molecule has 0 saturated carbocycles. The maximum absolute atomic E-state index is 11.7. The quantitative estimate of drug-likeness (QED) is 0.587. The lowest BCUT2D eigenvalue weighted by molar-refractivity contribution is -0.116. The van der Waals surface area contributed by atoms with Crippen molar-refractivity contribution in [2.24, 2.45) is 0 Å². The molecule has 4 nitrogen and oxygen atoms in total. The summed E-state index contributed by atoms with van der Waals surface area (Å²) in [7, 11) is 0. The largest absolute Gasteiger partial charge is 0.504 e. The molecule has 0 aliphatic carbocycles. The molecule has 114 valence electrons. The van der Waals surface area contributed by atoms with Crippen molar-refractivity contribution in [1.82, 2.24) is 5.32 Å². The molecule has 2 aromatic carbocycles. The van der Waals surface area contributed by atoms with Crippen molar-refractivity contribution in [3.63, 3.8) is 0 Å². The van der Waals surface area contributed by atoms with Crippen LogP contribution in [-0.2, 0) is 11.2 Å². The van der Waals surface area contributed by atoms with Gasteiger partial charge in [-0.05, 0) is 42.7 Å². The number of aryl methyl sites for hydroxylation is 1. The molecule has 0 aliphatic heterocycles. The molecular formula is C18H19NO3. The van der Waals surface area contributed by atoms with E-state index in [0.29, 0.717) is 12.1 Å². The molecule has 2 aromatic rings. The minimum Gasteiger partial charge on any atom is -0.504 e. The van der Waals surface area contributed by atoms with E-state index in [-0.39, 0.29) is 17.4 Å². The molecule has 0 atom stereocenters. The van der Waals surface area contributed by atoms with E-state index in [1.807, 2.05) is 19.1 Å². The van der Waals surface area contributed by atoms with Crippen LogP contribution in [0, 0.1) is 6.92 Å². The zero-order valence-corrected chi connectivity index (χ0v) is 12.4. The molecule has 0 saturated heterocycles. The lowest BCUT2D eigenvalue weighted by atomic mass is 10.1. The molecule has 0 aromatic heterocycles. The second-order valence-electron chi connectivity index (χ2n) is 5.11. The number of nitrogens with one attached hydrogen (secondary N) is 1. The SMILES string of the molecule is Cc1ccc(CCNC(=O)/C=C/c2ccc(O)c(O)c2)cc1. The van der Waals surface area contributed by atoms with E-state index in [1.54, 1.807) is 12.1 Å². The van der Waals surface area contributed by atoms with E-state index in [2.05, 4.69) is 17.4 Å². The Bertz CT molecular complexity index is 675. The number of aromatic hydroxyl groups is 2. The zero-order chi connectivity index (χ0) is 15.9. The minimum absolute atomic E-state index is 0.181. The summed E-state index contributed by atoms with van der Waals surface area (Å²) >= 11 is 0. The summed E-state index contributed by atoms with van der Waals surface area (Å²) < 4.78 is 0. The fourth-order valence-corrected chi connectivity index (χ4v) is 1.96. The summed E-state index contributed by atoms with van der Waals surface area (Å²) in [4.78, 5) is 11.7. The predicted molar refractivity (Wildman–Crippen MR) is 86.7 cm³/mol. The fourth-order valence-electron chi connectivity index (χ4n) is 1.96. The smallest absolute Gasteiger partial charge is 0.244 e. The Morgan fingerprint density at radius 2 is 1.82 bits per heavy atom. The number of rotatable bonds is 5. The van der Waals surface area contributed by atoms with Gasteiger partial charge in [0.2, 0.25) is 5.91 Å². The average Bonchev–Trinajstić information content (AvgIpc) is 2.50. The number of phenols is 2. The lowest BCUT2D eigenvalue weighted by Gasteiger charge is -2.03. The van der Waals surface area contributed by atoms with Crippen molar-refractivity contribution in [3.8, 4) is 11.5 Å². The average molecular weight is 297 g/mol. The van der Waals surface area contributed by atoms with E-state index >= 15 is 0 Å². The van der Waals surface area contributed by atoms with Crippen molar-refractivity contribution >= 4 is 12.0 Å². The van der Waals surface area contributed by atoms with Gasteiger partial charge < -0.3 is 15.5 Å². The van der Waals surface area contributed by atoms with Crippen molar-refractivity contribution in [2.45, 2.75) is 13.3 Å². The number of amides is 1. The molecule has 2 rings (SSSR count). The molecule has 3 N–H and O–H groups in total. The lowest BCUT2D eigenvalue weighted by Crippen LogP contribution is -2.23. The highest BCUT2D eigenvalue weighted by Crippen LogP contribution is 2.25. The van der Waals surface area contributed by atoms with Crippen LogP contribution in [-0.4, -0.2) is 22.7 Å². The predicted octanol–water partition coefficient (Wildman–Crippen LogP) is 2.78. The van der Waals surface area contributed by atoms with Crippen LogP contribution in [0.4, 0.5) is 0 Å². The number of carbonyl (C=O) groups is 1. The monoisotopic (exact) mass is 297 g/mol.